The van der Waals surface area contributed by atoms with Crippen LogP contribution in [0.1, 0.15) is 50.0 Å². The first-order chi connectivity index (χ1) is 13.5. The maximum absolute atomic E-state index is 14.0. The zero-order valence-electron chi connectivity index (χ0n) is 16.4. The molecule has 2 atom stereocenters. The third kappa shape index (κ3) is 4.88. The molecule has 1 aliphatic heterocycles. The number of benzene rings is 1. The Kier molecular flexibility index (Phi) is 7.37. The molecule has 1 aromatic carbocycles. The van der Waals surface area contributed by atoms with Crippen LogP contribution in [-0.4, -0.2) is 55.9 Å². The van der Waals surface area contributed by atoms with Gasteiger partial charge in [0.05, 0.1) is 18.8 Å². The quantitative estimate of drug-likeness (QED) is 0.803. The third-order valence-corrected chi connectivity index (χ3v) is 6.02. The molecule has 2 N–H and O–H groups in total. The smallest absolute Gasteiger partial charge is 0.248 e. The van der Waals surface area contributed by atoms with E-state index in [4.69, 9.17) is 15.2 Å². The van der Waals surface area contributed by atoms with Crippen LogP contribution in [-0.2, 0) is 14.3 Å². The van der Waals surface area contributed by atoms with Crippen molar-refractivity contribution >= 4 is 5.91 Å². The van der Waals surface area contributed by atoms with Crippen LogP contribution in [0.25, 0.3) is 0 Å². The Morgan fingerprint density at radius 1 is 1.21 bits per heavy atom. The third-order valence-electron chi connectivity index (χ3n) is 6.02. The average Bonchev–Trinajstić information content (AvgIpc) is 2.70. The summed E-state index contributed by atoms with van der Waals surface area (Å²) in [7, 11) is 1.51. The van der Waals surface area contributed by atoms with Gasteiger partial charge in [0, 0.05) is 19.7 Å². The van der Waals surface area contributed by atoms with Gasteiger partial charge >= 0.3 is 0 Å². The molecule has 0 aromatic heterocycles. The normalized spacial score (nSPS) is 28.4. The van der Waals surface area contributed by atoms with Crippen molar-refractivity contribution in [2.45, 2.75) is 62.6 Å². The van der Waals surface area contributed by atoms with Crippen molar-refractivity contribution in [1.82, 2.24) is 4.90 Å². The Morgan fingerprint density at radius 2 is 1.96 bits per heavy atom. The van der Waals surface area contributed by atoms with Gasteiger partial charge in [-0.1, -0.05) is 12.1 Å². The summed E-state index contributed by atoms with van der Waals surface area (Å²) in [5.41, 5.74) is 6.72. The van der Waals surface area contributed by atoms with Gasteiger partial charge in [0.2, 0.25) is 5.91 Å². The van der Waals surface area contributed by atoms with Crippen molar-refractivity contribution in [1.29, 1.82) is 0 Å². The van der Waals surface area contributed by atoms with Gasteiger partial charge in [-0.25, -0.2) is 8.78 Å². The molecule has 1 aliphatic carbocycles. The molecule has 0 bridgehead atoms. The summed E-state index contributed by atoms with van der Waals surface area (Å²) in [5.74, 6) is -1.56. The molecule has 3 rings (SSSR count). The van der Waals surface area contributed by atoms with Crippen LogP contribution in [0.5, 0.6) is 0 Å². The Balaban J connectivity index is 1.52. The number of rotatable bonds is 6. The highest BCUT2D eigenvalue weighted by molar-refractivity contribution is 5.78. The molecule has 1 saturated heterocycles. The number of carbonyl (C=O) groups excluding carboxylic acids is 1. The van der Waals surface area contributed by atoms with Gasteiger partial charge in [-0.3, -0.25) is 4.79 Å². The monoisotopic (exact) mass is 396 g/mol. The van der Waals surface area contributed by atoms with E-state index in [1.807, 2.05) is 0 Å². The fourth-order valence-corrected chi connectivity index (χ4v) is 4.43. The molecule has 1 heterocycles. The number of likely N-dealkylation sites (tertiary alicyclic amines) is 1. The minimum Gasteiger partial charge on any atom is -0.376 e. The van der Waals surface area contributed by atoms with E-state index in [0.717, 1.165) is 44.6 Å². The zero-order valence-corrected chi connectivity index (χ0v) is 16.4. The van der Waals surface area contributed by atoms with E-state index >= 15 is 0 Å². The van der Waals surface area contributed by atoms with Crippen molar-refractivity contribution in [3.8, 4) is 0 Å². The molecule has 1 amide bonds. The van der Waals surface area contributed by atoms with E-state index in [1.165, 1.54) is 7.11 Å². The first kappa shape index (κ1) is 21.1. The standard InChI is InChI=1S/C21H30F2N2O3/c1-27-13-20(26)25-11-3-6-18(24)19(25)12-28-15-9-7-14(8-10-15)16-4-2-5-17(22)21(16)23/h2,4-5,14-15,18-19H,3,6-13,24H2,1H3. The molecule has 7 heteroatoms. The fourth-order valence-electron chi connectivity index (χ4n) is 4.43. The van der Waals surface area contributed by atoms with Crippen LogP contribution in [0.2, 0.25) is 0 Å². The van der Waals surface area contributed by atoms with Crippen LogP contribution in [0.15, 0.2) is 18.2 Å². The predicted molar refractivity (Wildman–Crippen MR) is 102 cm³/mol. The lowest BCUT2D eigenvalue weighted by Gasteiger charge is -2.40. The minimum atomic E-state index is -0.789. The molecule has 156 valence electrons. The molecular weight excluding hydrogens is 366 g/mol. The van der Waals surface area contributed by atoms with Gasteiger partial charge in [0.1, 0.15) is 6.61 Å². The van der Waals surface area contributed by atoms with E-state index in [2.05, 4.69) is 0 Å². The van der Waals surface area contributed by atoms with Crippen molar-refractivity contribution in [2.75, 3.05) is 26.9 Å². The SMILES string of the molecule is COCC(=O)N1CCCC(N)C1COC1CCC(c2cccc(F)c2F)CC1. The lowest BCUT2D eigenvalue weighted by atomic mass is 9.82. The lowest BCUT2D eigenvalue weighted by molar-refractivity contribution is -0.142. The maximum atomic E-state index is 14.0. The van der Waals surface area contributed by atoms with E-state index in [-0.39, 0.29) is 36.6 Å². The highest BCUT2D eigenvalue weighted by Gasteiger charge is 2.33. The molecule has 0 spiro atoms. The molecule has 5 nitrogen and oxygen atoms in total. The van der Waals surface area contributed by atoms with Crippen LogP contribution < -0.4 is 5.73 Å². The topological polar surface area (TPSA) is 64.8 Å². The van der Waals surface area contributed by atoms with Crippen molar-refractivity contribution < 1.29 is 23.0 Å². The second-order valence-electron chi connectivity index (χ2n) is 7.84. The second kappa shape index (κ2) is 9.76. The number of methoxy groups -OCH3 is 1. The summed E-state index contributed by atoms with van der Waals surface area (Å²) in [6.07, 6.45) is 4.90. The molecule has 1 saturated carbocycles. The summed E-state index contributed by atoms with van der Waals surface area (Å²) >= 11 is 0. The van der Waals surface area contributed by atoms with Crippen LogP contribution in [0.4, 0.5) is 8.78 Å². The summed E-state index contributed by atoms with van der Waals surface area (Å²) in [6.45, 7) is 1.13. The van der Waals surface area contributed by atoms with Gasteiger partial charge < -0.3 is 20.1 Å². The van der Waals surface area contributed by atoms with E-state index in [1.54, 1.807) is 17.0 Å². The summed E-state index contributed by atoms with van der Waals surface area (Å²) in [4.78, 5) is 14.1. The summed E-state index contributed by atoms with van der Waals surface area (Å²) in [6, 6.07) is 4.14. The van der Waals surface area contributed by atoms with Gasteiger partial charge in [-0.05, 0) is 56.1 Å². The highest BCUT2D eigenvalue weighted by atomic mass is 19.2. The number of piperidine rings is 1. The zero-order chi connectivity index (χ0) is 20.1. The number of hydrogen-bond acceptors (Lipinski definition) is 4. The first-order valence-corrected chi connectivity index (χ1v) is 10.1. The number of nitrogens with two attached hydrogens (primary N) is 1. The number of nitrogens with zero attached hydrogens (tertiary/aromatic N) is 1. The van der Waals surface area contributed by atoms with Gasteiger partial charge in [0.15, 0.2) is 11.6 Å². The molecule has 0 radical (unpaired) electrons. The van der Waals surface area contributed by atoms with Crippen LogP contribution in [0, 0.1) is 11.6 Å². The lowest BCUT2D eigenvalue weighted by Crippen LogP contribution is -2.57. The second-order valence-corrected chi connectivity index (χ2v) is 7.84. The molecule has 2 aliphatic rings. The Bertz CT molecular complexity index is 665. The first-order valence-electron chi connectivity index (χ1n) is 10.1. The average molecular weight is 396 g/mol. The fraction of sp³-hybridized carbons (Fsp3) is 0.667. The van der Waals surface area contributed by atoms with Crippen LogP contribution >= 0.6 is 0 Å². The summed E-state index contributed by atoms with van der Waals surface area (Å²) in [5, 5.41) is 0. The Labute approximate surface area is 165 Å². The minimum absolute atomic E-state index is 0.0206. The highest BCUT2D eigenvalue weighted by Crippen LogP contribution is 2.36. The van der Waals surface area contributed by atoms with E-state index in [0.29, 0.717) is 18.7 Å². The number of carbonyl (C=O) groups is 1. The van der Waals surface area contributed by atoms with Crippen molar-refractivity contribution in [3.63, 3.8) is 0 Å². The number of ether oxygens (including phenoxy) is 2. The van der Waals surface area contributed by atoms with Crippen LogP contribution in [0.3, 0.4) is 0 Å². The molecule has 1 aromatic rings. The summed E-state index contributed by atoms with van der Waals surface area (Å²) < 4.78 is 38.6. The predicted octanol–water partition coefficient (Wildman–Crippen LogP) is 2.97. The number of hydrogen-bond donors (Lipinski definition) is 1. The Hall–Kier alpha value is -1.57. The maximum Gasteiger partial charge on any atom is 0.248 e. The molecule has 2 unspecified atom stereocenters. The van der Waals surface area contributed by atoms with Crippen molar-refractivity contribution in [2.24, 2.45) is 5.73 Å². The Morgan fingerprint density at radius 3 is 2.68 bits per heavy atom. The van der Waals surface area contributed by atoms with E-state index < -0.39 is 11.6 Å². The van der Waals surface area contributed by atoms with Crippen molar-refractivity contribution in [3.05, 3.63) is 35.4 Å². The van der Waals surface area contributed by atoms with E-state index in [9.17, 15) is 13.6 Å². The van der Waals surface area contributed by atoms with Gasteiger partial charge in [0.25, 0.3) is 0 Å². The molecular formula is C21H30F2N2O3. The number of halogens is 2. The van der Waals surface area contributed by atoms with Gasteiger partial charge in [-0.15, -0.1) is 0 Å². The van der Waals surface area contributed by atoms with Gasteiger partial charge in [-0.2, -0.15) is 0 Å². The molecule has 2 fully saturated rings. The largest absolute Gasteiger partial charge is 0.376 e. The number of amides is 1. The molecule has 28 heavy (non-hydrogen) atoms.